The number of nitrogens with zero attached hydrogens (tertiary/aromatic N) is 4. The average molecular weight is 317 g/mol. The molecule has 1 aromatic carbocycles. The van der Waals surface area contributed by atoms with E-state index in [0.29, 0.717) is 24.0 Å². The van der Waals surface area contributed by atoms with E-state index in [0.717, 1.165) is 16.8 Å². The van der Waals surface area contributed by atoms with Crippen LogP contribution in [0.25, 0.3) is 11.2 Å². The van der Waals surface area contributed by atoms with E-state index in [1.54, 1.807) is 12.5 Å². The number of nitrogens with one attached hydrogen (secondary N) is 3. The molecule has 118 valence electrons. The third-order valence-corrected chi connectivity index (χ3v) is 3.50. The molecule has 0 aliphatic carbocycles. The number of rotatable bonds is 5. The molecule has 0 unspecified atom stereocenters. The number of hydrogen-bond donors (Lipinski definition) is 3. The maximum atomic E-state index is 4.56. The highest BCUT2D eigenvalue weighted by Crippen LogP contribution is 2.21. The first-order chi connectivity index (χ1) is 11.9. The van der Waals surface area contributed by atoms with E-state index in [2.05, 4.69) is 35.6 Å². The Balaban J connectivity index is 1.62. The first-order valence-corrected chi connectivity index (χ1v) is 7.54. The second kappa shape index (κ2) is 6.33. The van der Waals surface area contributed by atoms with E-state index in [9.17, 15) is 0 Å². The minimum atomic E-state index is 0.495. The van der Waals surface area contributed by atoms with Crippen LogP contribution in [-0.4, -0.2) is 24.9 Å². The quantitative estimate of drug-likeness (QED) is 0.524. The van der Waals surface area contributed by atoms with Crippen molar-refractivity contribution in [1.82, 2.24) is 24.9 Å². The van der Waals surface area contributed by atoms with Crippen molar-refractivity contribution >= 4 is 28.6 Å². The summed E-state index contributed by atoms with van der Waals surface area (Å²) in [5.74, 6) is 1.19. The molecule has 4 rings (SSSR count). The first kappa shape index (κ1) is 14.1. The molecular formula is C17H15N7. The van der Waals surface area contributed by atoms with Crippen LogP contribution in [0.1, 0.15) is 5.56 Å². The Bertz CT molecular complexity index is 935. The summed E-state index contributed by atoms with van der Waals surface area (Å²) in [5, 5.41) is 6.51. The van der Waals surface area contributed by atoms with Crippen LogP contribution < -0.4 is 10.6 Å². The predicted molar refractivity (Wildman–Crippen MR) is 93.0 cm³/mol. The number of pyridine rings is 1. The van der Waals surface area contributed by atoms with Gasteiger partial charge in [0.2, 0.25) is 5.95 Å². The van der Waals surface area contributed by atoms with E-state index in [1.165, 1.54) is 0 Å². The van der Waals surface area contributed by atoms with Crippen LogP contribution in [0.2, 0.25) is 0 Å². The van der Waals surface area contributed by atoms with Crippen LogP contribution in [0.4, 0.5) is 17.5 Å². The number of hydrogen-bond acceptors (Lipinski definition) is 6. The topological polar surface area (TPSA) is 91.4 Å². The summed E-state index contributed by atoms with van der Waals surface area (Å²) in [6.07, 6.45) is 5.19. The summed E-state index contributed by atoms with van der Waals surface area (Å²) in [5.41, 5.74) is 3.38. The summed E-state index contributed by atoms with van der Waals surface area (Å²) in [6, 6.07) is 13.7. The zero-order valence-electron chi connectivity index (χ0n) is 12.8. The molecule has 7 heteroatoms. The molecule has 24 heavy (non-hydrogen) atoms. The SMILES string of the molecule is c1ccc(Nc2nc(NCc3cccnc3)c3[nH]cnc3n2)cc1. The Hall–Kier alpha value is -3.48. The highest BCUT2D eigenvalue weighted by molar-refractivity contribution is 5.84. The van der Waals surface area contributed by atoms with Crippen molar-refractivity contribution in [2.75, 3.05) is 10.6 Å². The minimum Gasteiger partial charge on any atom is -0.364 e. The van der Waals surface area contributed by atoms with Crippen molar-refractivity contribution in [2.24, 2.45) is 0 Å². The molecule has 0 radical (unpaired) electrons. The van der Waals surface area contributed by atoms with Gasteiger partial charge in [-0.25, -0.2) is 4.98 Å². The fourth-order valence-electron chi connectivity index (χ4n) is 2.36. The second-order valence-electron chi connectivity index (χ2n) is 5.20. The zero-order valence-corrected chi connectivity index (χ0v) is 12.8. The molecule has 0 saturated heterocycles. The Morgan fingerprint density at radius 3 is 2.75 bits per heavy atom. The maximum absolute atomic E-state index is 4.56. The van der Waals surface area contributed by atoms with Gasteiger partial charge in [-0.05, 0) is 23.8 Å². The van der Waals surface area contributed by atoms with Crippen LogP contribution in [0.15, 0.2) is 61.2 Å². The number of fused-ring (bicyclic) bond motifs is 1. The fourth-order valence-corrected chi connectivity index (χ4v) is 2.36. The molecule has 0 amide bonds. The number of aromatic amines is 1. The zero-order chi connectivity index (χ0) is 16.2. The van der Waals surface area contributed by atoms with Gasteiger partial charge in [0.1, 0.15) is 5.52 Å². The lowest BCUT2D eigenvalue weighted by molar-refractivity contribution is 1.08. The Kier molecular flexibility index (Phi) is 3.73. The van der Waals surface area contributed by atoms with Crippen molar-refractivity contribution in [3.05, 3.63) is 66.7 Å². The standard InChI is InChI=1S/C17H15N7/c1-2-6-13(7-3-1)22-17-23-15(14-16(24-17)21-11-20-14)19-10-12-5-4-8-18-9-12/h1-9,11H,10H2,(H3,19,20,21,22,23,24). The molecule has 0 fully saturated rings. The van der Waals surface area contributed by atoms with Crippen molar-refractivity contribution in [3.8, 4) is 0 Å². The van der Waals surface area contributed by atoms with Crippen molar-refractivity contribution in [1.29, 1.82) is 0 Å². The third kappa shape index (κ3) is 3.00. The van der Waals surface area contributed by atoms with Crippen LogP contribution in [0, 0.1) is 0 Å². The van der Waals surface area contributed by atoms with Gasteiger partial charge in [0.15, 0.2) is 11.5 Å². The minimum absolute atomic E-state index is 0.495. The molecular weight excluding hydrogens is 302 g/mol. The summed E-state index contributed by atoms with van der Waals surface area (Å²) >= 11 is 0. The van der Waals surface area contributed by atoms with Crippen molar-refractivity contribution < 1.29 is 0 Å². The smallest absolute Gasteiger partial charge is 0.231 e. The number of imidazole rings is 1. The van der Waals surface area contributed by atoms with E-state index < -0.39 is 0 Å². The molecule has 3 heterocycles. The number of benzene rings is 1. The van der Waals surface area contributed by atoms with Gasteiger partial charge in [-0.2, -0.15) is 9.97 Å². The number of aromatic nitrogens is 5. The van der Waals surface area contributed by atoms with E-state index in [4.69, 9.17) is 0 Å². The summed E-state index contributed by atoms with van der Waals surface area (Å²) < 4.78 is 0. The lowest BCUT2D eigenvalue weighted by Gasteiger charge is -2.09. The van der Waals surface area contributed by atoms with Gasteiger partial charge in [0.05, 0.1) is 6.33 Å². The van der Waals surface area contributed by atoms with Crippen molar-refractivity contribution in [2.45, 2.75) is 6.54 Å². The van der Waals surface area contributed by atoms with Gasteiger partial charge in [-0.1, -0.05) is 24.3 Å². The summed E-state index contributed by atoms with van der Waals surface area (Å²) in [6.45, 7) is 0.615. The summed E-state index contributed by atoms with van der Waals surface area (Å²) in [7, 11) is 0. The second-order valence-corrected chi connectivity index (χ2v) is 5.20. The third-order valence-electron chi connectivity index (χ3n) is 3.50. The molecule has 0 bridgehead atoms. The van der Waals surface area contributed by atoms with Crippen LogP contribution in [-0.2, 0) is 6.54 Å². The highest BCUT2D eigenvalue weighted by Gasteiger charge is 2.10. The fraction of sp³-hybridized carbons (Fsp3) is 0.0588. The van der Waals surface area contributed by atoms with E-state index in [1.807, 2.05) is 48.7 Å². The van der Waals surface area contributed by atoms with Crippen LogP contribution in [0.3, 0.4) is 0 Å². The molecule has 0 aliphatic rings. The molecule has 3 N–H and O–H groups in total. The Morgan fingerprint density at radius 1 is 1.00 bits per heavy atom. The molecule has 0 aliphatic heterocycles. The number of H-pyrrole nitrogens is 1. The lowest BCUT2D eigenvalue weighted by Crippen LogP contribution is -2.05. The molecule has 0 saturated carbocycles. The van der Waals surface area contributed by atoms with Gasteiger partial charge in [0.25, 0.3) is 0 Å². The highest BCUT2D eigenvalue weighted by atomic mass is 15.2. The van der Waals surface area contributed by atoms with Gasteiger partial charge >= 0.3 is 0 Å². The average Bonchev–Trinajstić information content (AvgIpc) is 3.10. The molecule has 7 nitrogen and oxygen atoms in total. The normalized spacial score (nSPS) is 10.7. The van der Waals surface area contributed by atoms with Gasteiger partial charge < -0.3 is 15.6 Å². The Labute approximate surface area is 138 Å². The Morgan fingerprint density at radius 2 is 1.92 bits per heavy atom. The van der Waals surface area contributed by atoms with Crippen LogP contribution >= 0.6 is 0 Å². The van der Waals surface area contributed by atoms with Gasteiger partial charge in [0, 0.05) is 24.6 Å². The van der Waals surface area contributed by atoms with Gasteiger partial charge in [-0.15, -0.1) is 0 Å². The van der Waals surface area contributed by atoms with Crippen LogP contribution in [0.5, 0.6) is 0 Å². The number of para-hydroxylation sites is 1. The monoisotopic (exact) mass is 317 g/mol. The summed E-state index contributed by atoms with van der Waals surface area (Å²) in [4.78, 5) is 20.4. The largest absolute Gasteiger partial charge is 0.364 e. The molecule has 3 aromatic heterocycles. The molecule has 0 spiro atoms. The van der Waals surface area contributed by atoms with Crippen molar-refractivity contribution in [3.63, 3.8) is 0 Å². The lowest BCUT2D eigenvalue weighted by atomic mass is 10.3. The number of anilines is 3. The van der Waals surface area contributed by atoms with E-state index in [-0.39, 0.29) is 0 Å². The molecule has 4 aromatic rings. The maximum Gasteiger partial charge on any atom is 0.231 e. The van der Waals surface area contributed by atoms with Gasteiger partial charge in [-0.3, -0.25) is 4.98 Å². The first-order valence-electron chi connectivity index (χ1n) is 7.54. The predicted octanol–water partition coefficient (Wildman–Crippen LogP) is 3.10. The molecule has 0 atom stereocenters. The van der Waals surface area contributed by atoms with E-state index >= 15 is 0 Å².